The number of piperidine rings is 1. The first-order chi connectivity index (χ1) is 7.60. The van der Waals surface area contributed by atoms with Gasteiger partial charge in [-0.2, -0.15) is 0 Å². The zero-order valence-corrected chi connectivity index (χ0v) is 12.4. The van der Waals surface area contributed by atoms with Gasteiger partial charge in [0.25, 0.3) is 0 Å². The van der Waals surface area contributed by atoms with Crippen molar-refractivity contribution in [2.45, 2.75) is 23.0 Å². The van der Waals surface area contributed by atoms with Crippen molar-refractivity contribution in [1.82, 2.24) is 5.32 Å². The number of sulfone groups is 1. The molecule has 0 radical (unpaired) electrons. The third kappa shape index (κ3) is 3.44. The van der Waals surface area contributed by atoms with Crippen LogP contribution in [0, 0.1) is 0 Å². The normalized spacial score (nSPS) is 17.5. The minimum atomic E-state index is -3.14. The highest BCUT2D eigenvalue weighted by Crippen LogP contribution is 2.23. The van der Waals surface area contributed by atoms with Crippen molar-refractivity contribution in [2.24, 2.45) is 0 Å². The first-order valence-electron chi connectivity index (χ1n) is 5.31. The van der Waals surface area contributed by atoms with E-state index in [1.54, 1.807) is 24.3 Å². The maximum absolute atomic E-state index is 12.3. The Morgan fingerprint density at radius 1 is 1.12 bits per heavy atom. The molecule has 1 N–H and O–H groups in total. The van der Waals surface area contributed by atoms with Crippen LogP contribution in [0.4, 0.5) is 0 Å². The number of hydrogen-bond donors (Lipinski definition) is 1. The van der Waals surface area contributed by atoms with Crippen LogP contribution in [0.1, 0.15) is 12.8 Å². The molecule has 0 aliphatic carbocycles. The molecule has 96 valence electrons. The Bertz CT molecular complexity index is 455. The van der Waals surface area contributed by atoms with Crippen molar-refractivity contribution in [3.8, 4) is 0 Å². The third-order valence-corrected chi connectivity index (χ3v) is 5.67. The Kier molecular flexibility index (Phi) is 5.44. The standard InChI is InChI=1S/C11H14BrNO2S.ClH/c12-9-1-3-10(4-2-9)16(14,15)11-5-7-13-8-6-11;/h1-4,11,13H,5-8H2;1H. The molecular weight excluding hydrogens is 326 g/mol. The smallest absolute Gasteiger partial charge is 0.181 e. The second-order valence-corrected chi connectivity index (χ2v) is 7.09. The van der Waals surface area contributed by atoms with Gasteiger partial charge in [-0.25, -0.2) is 8.42 Å². The summed E-state index contributed by atoms with van der Waals surface area (Å²) in [6.45, 7) is 1.58. The van der Waals surface area contributed by atoms with Crippen molar-refractivity contribution < 1.29 is 8.42 Å². The minimum absolute atomic E-state index is 0. The average molecular weight is 341 g/mol. The van der Waals surface area contributed by atoms with Gasteiger partial charge in [-0.3, -0.25) is 0 Å². The number of benzene rings is 1. The molecule has 0 aromatic heterocycles. The second kappa shape index (κ2) is 6.18. The van der Waals surface area contributed by atoms with E-state index >= 15 is 0 Å². The van der Waals surface area contributed by atoms with Crippen LogP contribution in [0.3, 0.4) is 0 Å². The predicted octanol–water partition coefficient (Wildman–Crippen LogP) is 2.40. The van der Waals surface area contributed by atoms with Gasteiger partial charge in [0.05, 0.1) is 10.1 Å². The van der Waals surface area contributed by atoms with Gasteiger partial charge >= 0.3 is 0 Å². The lowest BCUT2D eigenvalue weighted by atomic mass is 10.2. The van der Waals surface area contributed by atoms with Gasteiger partial charge in [0, 0.05) is 4.47 Å². The fraction of sp³-hybridized carbons (Fsp3) is 0.455. The van der Waals surface area contributed by atoms with E-state index in [-0.39, 0.29) is 17.7 Å². The van der Waals surface area contributed by atoms with E-state index in [4.69, 9.17) is 0 Å². The first kappa shape index (κ1) is 15.0. The third-order valence-electron chi connectivity index (χ3n) is 2.87. The molecule has 0 atom stereocenters. The molecule has 0 saturated carbocycles. The van der Waals surface area contributed by atoms with Crippen LogP contribution in [-0.4, -0.2) is 26.8 Å². The van der Waals surface area contributed by atoms with Crippen molar-refractivity contribution in [3.05, 3.63) is 28.7 Å². The monoisotopic (exact) mass is 339 g/mol. The highest BCUT2D eigenvalue weighted by molar-refractivity contribution is 9.10. The van der Waals surface area contributed by atoms with Gasteiger partial charge < -0.3 is 5.32 Å². The Morgan fingerprint density at radius 3 is 2.18 bits per heavy atom. The van der Waals surface area contributed by atoms with Gasteiger partial charge in [0.15, 0.2) is 9.84 Å². The van der Waals surface area contributed by atoms with Gasteiger partial charge in [0.2, 0.25) is 0 Å². The van der Waals surface area contributed by atoms with E-state index in [1.165, 1.54) is 0 Å². The molecule has 0 spiro atoms. The molecule has 3 nitrogen and oxygen atoms in total. The van der Waals surface area contributed by atoms with Crippen LogP contribution < -0.4 is 5.32 Å². The molecule has 17 heavy (non-hydrogen) atoms. The molecule has 0 amide bonds. The van der Waals surface area contributed by atoms with E-state index in [0.29, 0.717) is 17.7 Å². The van der Waals surface area contributed by atoms with Crippen molar-refractivity contribution in [1.29, 1.82) is 0 Å². The van der Waals surface area contributed by atoms with Crippen LogP contribution in [0.2, 0.25) is 0 Å². The zero-order valence-electron chi connectivity index (χ0n) is 9.23. The molecule has 1 aromatic rings. The summed E-state index contributed by atoms with van der Waals surface area (Å²) < 4.78 is 25.4. The average Bonchev–Trinajstić information content (AvgIpc) is 2.31. The molecule has 6 heteroatoms. The quantitative estimate of drug-likeness (QED) is 0.899. The maximum Gasteiger partial charge on any atom is 0.181 e. The molecule has 1 heterocycles. The van der Waals surface area contributed by atoms with Crippen molar-refractivity contribution in [2.75, 3.05) is 13.1 Å². The lowest BCUT2D eigenvalue weighted by Crippen LogP contribution is -2.35. The second-order valence-electron chi connectivity index (χ2n) is 3.95. The lowest BCUT2D eigenvalue weighted by molar-refractivity contribution is 0.496. The summed E-state index contributed by atoms with van der Waals surface area (Å²) in [5.74, 6) is 0. The number of rotatable bonds is 2. The Balaban J connectivity index is 0.00000144. The molecule has 1 aromatic carbocycles. The van der Waals surface area contributed by atoms with E-state index in [0.717, 1.165) is 17.6 Å². The van der Waals surface area contributed by atoms with Crippen LogP contribution in [0.5, 0.6) is 0 Å². The fourth-order valence-corrected chi connectivity index (χ4v) is 3.94. The zero-order chi connectivity index (χ0) is 11.6. The Morgan fingerprint density at radius 2 is 1.65 bits per heavy atom. The van der Waals surface area contributed by atoms with Gasteiger partial charge in [-0.1, -0.05) is 15.9 Å². The first-order valence-corrected chi connectivity index (χ1v) is 7.65. The summed E-state index contributed by atoms with van der Waals surface area (Å²) >= 11 is 3.30. The molecular formula is C11H15BrClNO2S. The summed E-state index contributed by atoms with van der Waals surface area (Å²) in [4.78, 5) is 0.433. The van der Waals surface area contributed by atoms with E-state index in [1.807, 2.05) is 0 Å². The van der Waals surface area contributed by atoms with Crippen LogP contribution in [0.15, 0.2) is 33.6 Å². The summed E-state index contributed by atoms with van der Waals surface area (Å²) in [6.07, 6.45) is 1.41. The van der Waals surface area contributed by atoms with E-state index in [2.05, 4.69) is 21.2 Å². The van der Waals surface area contributed by atoms with Crippen LogP contribution in [0.25, 0.3) is 0 Å². The number of hydrogen-bond acceptors (Lipinski definition) is 3. The Labute approximate surface area is 116 Å². The van der Waals surface area contributed by atoms with Crippen molar-refractivity contribution in [3.63, 3.8) is 0 Å². The highest BCUT2D eigenvalue weighted by Gasteiger charge is 2.28. The minimum Gasteiger partial charge on any atom is -0.317 e. The Hall–Kier alpha value is -0.100. The summed E-state index contributed by atoms with van der Waals surface area (Å²) in [6, 6.07) is 6.88. The molecule has 1 fully saturated rings. The molecule has 0 unspecified atom stereocenters. The van der Waals surface area contributed by atoms with Crippen LogP contribution >= 0.6 is 28.3 Å². The summed E-state index contributed by atoms with van der Waals surface area (Å²) in [5.41, 5.74) is 0. The summed E-state index contributed by atoms with van der Waals surface area (Å²) in [5, 5.41) is 2.95. The van der Waals surface area contributed by atoms with Gasteiger partial charge in [-0.05, 0) is 50.2 Å². The SMILES string of the molecule is Cl.O=S(=O)(c1ccc(Br)cc1)C1CCNCC1. The largest absolute Gasteiger partial charge is 0.317 e. The molecule has 1 saturated heterocycles. The predicted molar refractivity (Wildman–Crippen MR) is 74.5 cm³/mol. The fourth-order valence-electron chi connectivity index (χ4n) is 1.92. The van der Waals surface area contributed by atoms with Gasteiger partial charge in [0.1, 0.15) is 0 Å². The molecule has 0 bridgehead atoms. The summed E-state index contributed by atoms with van der Waals surface area (Å²) in [7, 11) is -3.14. The van der Waals surface area contributed by atoms with Crippen LogP contribution in [-0.2, 0) is 9.84 Å². The lowest BCUT2D eigenvalue weighted by Gasteiger charge is -2.22. The highest BCUT2D eigenvalue weighted by atomic mass is 79.9. The number of halogens is 2. The molecule has 2 rings (SSSR count). The van der Waals surface area contributed by atoms with E-state index < -0.39 is 9.84 Å². The van der Waals surface area contributed by atoms with Gasteiger partial charge in [-0.15, -0.1) is 12.4 Å². The van der Waals surface area contributed by atoms with Crippen molar-refractivity contribution >= 4 is 38.2 Å². The topological polar surface area (TPSA) is 46.2 Å². The maximum atomic E-state index is 12.3. The number of nitrogens with one attached hydrogen (secondary N) is 1. The molecule has 1 aliphatic rings. The van der Waals surface area contributed by atoms with E-state index in [9.17, 15) is 8.42 Å². The molecule has 1 aliphatic heterocycles.